The molecule has 1 aromatic heterocycles. The summed E-state index contributed by atoms with van der Waals surface area (Å²) in [5.74, 6) is 0.781. The highest BCUT2D eigenvalue weighted by atomic mass is 79.9. The summed E-state index contributed by atoms with van der Waals surface area (Å²) in [4.78, 5) is 0. The lowest BCUT2D eigenvalue weighted by molar-refractivity contribution is 0.302. The molecule has 3 nitrogen and oxygen atoms in total. The maximum absolute atomic E-state index is 5.65. The van der Waals surface area contributed by atoms with Crippen LogP contribution >= 0.6 is 38.9 Å². The van der Waals surface area contributed by atoms with Crippen molar-refractivity contribution < 1.29 is 4.74 Å². The molecule has 6 heteroatoms. The standard InChI is InChI=1S/C9H6BrClN2OS/c10-6-3-1-2-4-7(6)14-5-8-12-13-9(11)15-8/h1-4H,5H2. The number of aromatic nitrogens is 2. The Morgan fingerprint density at radius 1 is 1.33 bits per heavy atom. The first-order valence-corrected chi connectivity index (χ1v) is 6.09. The van der Waals surface area contributed by atoms with Gasteiger partial charge in [-0.25, -0.2) is 0 Å². The number of nitrogens with zero attached hydrogens (tertiary/aromatic N) is 2. The van der Waals surface area contributed by atoms with Gasteiger partial charge in [-0.15, -0.1) is 10.2 Å². The lowest BCUT2D eigenvalue weighted by Crippen LogP contribution is -1.95. The Hall–Kier alpha value is -0.650. The topological polar surface area (TPSA) is 35.0 Å². The van der Waals surface area contributed by atoms with Gasteiger partial charge in [0, 0.05) is 0 Å². The SMILES string of the molecule is Clc1nnc(COc2ccccc2Br)s1. The van der Waals surface area contributed by atoms with Crippen LogP contribution in [-0.4, -0.2) is 10.2 Å². The van der Waals surface area contributed by atoms with Crippen LogP contribution in [0.4, 0.5) is 0 Å². The predicted octanol–water partition coefficient (Wildman–Crippen LogP) is 3.53. The van der Waals surface area contributed by atoms with E-state index in [9.17, 15) is 0 Å². The molecule has 0 atom stereocenters. The van der Waals surface area contributed by atoms with Gasteiger partial charge in [-0.1, -0.05) is 23.5 Å². The molecule has 15 heavy (non-hydrogen) atoms. The number of para-hydroxylation sites is 1. The lowest BCUT2D eigenvalue weighted by atomic mass is 10.3. The molecule has 0 saturated carbocycles. The molecular weight excluding hydrogens is 300 g/mol. The van der Waals surface area contributed by atoms with Crippen LogP contribution in [0.2, 0.25) is 4.47 Å². The molecule has 2 rings (SSSR count). The van der Waals surface area contributed by atoms with Gasteiger partial charge in [0.05, 0.1) is 4.47 Å². The summed E-state index contributed by atoms with van der Waals surface area (Å²) in [6.07, 6.45) is 0. The van der Waals surface area contributed by atoms with E-state index in [2.05, 4.69) is 26.1 Å². The molecule has 0 unspecified atom stereocenters. The van der Waals surface area contributed by atoms with Crippen molar-refractivity contribution in [3.63, 3.8) is 0 Å². The Bertz CT molecular complexity index is 463. The van der Waals surface area contributed by atoms with Crippen molar-refractivity contribution in [3.8, 4) is 5.75 Å². The Labute approximate surface area is 104 Å². The first-order chi connectivity index (χ1) is 7.25. The van der Waals surface area contributed by atoms with Crippen molar-refractivity contribution in [2.45, 2.75) is 6.61 Å². The highest BCUT2D eigenvalue weighted by Crippen LogP contribution is 2.25. The summed E-state index contributed by atoms with van der Waals surface area (Å²) in [5.41, 5.74) is 0. The predicted molar refractivity (Wildman–Crippen MR) is 63.4 cm³/mol. The quantitative estimate of drug-likeness (QED) is 0.870. The molecule has 78 valence electrons. The maximum Gasteiger partial charge on any atom is 0.207 e. The monoisotopic (exact) mass is 304 g/mol. The zero-order valence-corrected chi connectivity index (χ0v) is 10.6. The molecule has 0 amide bonds. The van der Waals surface area contributed by atoms with Gasteiger partial charge in [0.2, 0.25) is 4.47 Å². The van der Waals surface area contributed by atoms with Gasteiger partial charge in [0.1, 0.15) is 12.4 Å². The second-order valence-electron chi connectivity index (χ2n) is 2.67. The van der Waals surface area contributed by atoms with Crippen LogP contribution in [0.1, 0.15) is 5.01 Å². The lowest BCUT2D eigenvalue weighted by Gasteiger charge is -2.04. The van der Waals surface area contributed by atoms with Gasteiger partial charge in [0.15, 0.2) is 5.01 Å². The molecule has 2 aromatic rings. The smallest absolute Gasteiger partial charge is 0.207 e. The molecule has 0 N–H and O–H groups in total. The minimum atomic E-state index is 0.382. The highest BCUT2D eigenvalue weighted by Gasteiger charge is 2.04. The van der Waals surface area contributed by atoms with Gasteiger partial charge in [-0.3, -0.25) is 0 Å². The van der Waals surface area contributed by atoms with Gasteiger partial charge >= 0.3 is 0 Å². The molecule has 0 fully saturated rings. The third kappa shape index (κ3) is 2.90. The first kappa shape index (κ1) is 10.9. The zero-order valence-electron chi connectivity index (χ0n) is 7.48. The fraction of sp³-hybridized carbons (Fsp3) is 0.111. The minimum absolute atomic E-state index is 0.382. The average molecular weight is 306 g/mol. The number of hydrogen-bond acceptors (Lipinski definition) is 4. The third-order valence-corrected chi connectivity index (χ3v) is 3.28. The fourth-order valence-corrected chi connectivity index (χ4v) is 2.17. The van der Waals surface area contributed by atoms with E-state index in [1.807, 2.05) is 24.3 Å². The summed E-state index contributed by atoms with van der Waals surface area (Å²) in [7, 11) is 0. The molecule has 0 aliphatic rings. The first-order valence-electron chi connectivity index (χ1n) is 4.11. The number of halogens is 2. The molecule has 1 heterocycles. The van der Waals surface area contributed by atoms with E-state index >= 15 is 0 Å². The number of benzene rings is 1. The van der Waals surface area contributed by atoms with E-state index in [4.69, 9.17) is 16.3 Å². The van der Waals surface area contributed by atoms with Crippen molar-refractivity contribution in [1.82, 2.24) is 10.2 Å². The van der Waals surface area contributed by atoms with Gasteiger partial charge in [-0.05, 0) is 39.7 Å². The van der Waals surface area contributed by atoms with E-state index in [-0.39, 0.29) is 0 Å². The average Bonchev–Trinajstić information content (AvgIpc) is 2.63. The van der Waals surface area contributed by atoms with E-state index in [0.717, 1.165) is 15.2 Å². The second kappa shape index (κ2) is 4.92. The number of rotatable bonds is 3. The minimum Gasteiger partial charge on any atom is -0.485 e. The fourth-order valence-electron chi connectivity index (χ4n) is 0.993. The summed E-state index contributed by atoms with van der Waals surface area (Å²) < 4.78 is 6.89. The molecule has 0 saturated heterocycles. The molecule has 0 radical (unpaired) electrons. The largest absolute Gasteiger partial charge is 0.485 e. The Balaban J connectivity index is 2.02. The van der Waals surface area contributed by atoms with Crippen molar-refractivity contribution in [2.75, 3.05) is 0 Å². The van der Waals surface area contributed by atoms with Crippen LogP contribution < -0.4 is 4.74 Å². The number of hydrogen-bond donors (Lipinski definition) is 0. The number of ether oxygens (including phenoxy) is 1. The molecule has 1 aromatic carbocycles. The summed E-state index contributed by atoms with van der Waals surface area (Å²) in [5, 5.41) is 8.31. The Morgan fingerprint density at radius 3 is 2.80 bits per heavy atom. The van der Waals surface area contributed by atoms with Gasteiger partial charge < -0.3 is 4.74 Å². The van der Waals surface area contributed by atoms with Crippen LogP contribution in [0.3, 0.4) is 0 Å². The molecule has 0 spiro atoms. The van der Waals surface area contributed by atoms with Crippen LogP contribution in [0.5, 0.6) is 5.75 Å². The summed E-state index contributed by atoms with van der Waals surface area (Å²) >= 11 is 10.4. The Morgan fingerprint density at radius 2 is 2.13 bits per heavy atom. The third-order valence-electron chi connectivity index (χ3n) is 1.63. The second-order valence-corrected chi connectivity index (χ2v) is 5.17. The summed E-state index contributed by atoms with van der Waals surface area (Å²) in [6, 6.07) is 7.64. The highest BCUT2D eigenvalue weighted by molar-refractivity contribution is 9.10. The molecule has 0 bridgehead atoms. The van der Waals surface area contributed by atoms with Crippen molar-refractivity contribution >= 4 is 38.9 Å². The normalized spacial score (nSPS) is 10.3. The Kier molecular flexibility index (Phi) is 3.56. The molecule has 0 aliphatic heterocycles. The van der Waals surface area contributed by atoms with Crippen LogP contribution in [0, 0.1) is 0 Å². The van der Waals surface area contributed by atoms with E-state index in [1.54, 1.807) is 0 Å². The van der Waals surface area contributed by atoms with Crippen molar-refractivity contribution in [3.05, 3.63) is 38.2 Å². The van der Waals surface area contributed by atoms with E-state index < -0.39 is 0 Å². The van der Waals surface area contributed by atoms with Crippen molar-refractivity contribution in [1.29, 1.82) is 0 Å². The molecular formula is C9H6BrClN2OS. The molecule has 0 aliphatic carbocycles. The maximum atomic E-state index is 5.65. The van der Waals surface area contributed by atoms with Gasteiger partial charge in [0.25, 0.3) is 0 Å². The van der Waals surface area contributed by atoms with Crippen LogP contribution in [-0.2, 0) is 6.61 Å². The van der Waals surface area contributed by atoms with E-state index in [1.165, 1.54) is 11.3 Å². The van der Waals surface area contributed by atoms with Crippen LogP contribution in [0.15, 0.2) is 28.7 Å². The van der Waals surface area contributed by atoms with Gasteiger partial charge in [-0.2, -0.15) is 0 Å². The van der Waals surface area contributed by atoms with Crippen LogP contribution in [0.25, 0.3) is 0 Å². The van der Waals surface area contributed by atoms with Crippen molar-refractivity contribution in [2.24, 2.45) is 0 Å². The zero-order chi connectivity index (χ0) is 10.7. The van der Waals surface area contributed by atoms with E-state index in [0.29, 0.717) is 11.1 Å². The summed E-state index contributed by atoms with van der Waals surface area (Å²) in [6.45, 7) is 0.382.